The first kappa shape index (κ1) is 15.9. The SMILES string of the molecule is C/C=C/C(C)C(C)/C=C/C(=O)NC(C)C(C)O. The summed E-state index contributed by atoms with van der Waals surface area (Å²) in [5.74, 6) is 0.579. The van der Waals surface area contributed by atoms with E-state index in [9.17, 15) is 9.90 Å². The molecular formula is C14H25NO2. The third-order valence-corrected chi connectivity index (χ3v) is 2.97. The number of amides is 1. The predicted molar refractivity (Wildman–Crippen MR) is 71.6 cm³/mol. The van der Waals surface area contributed by atoms with Crippen molar-refractivity contribution in [1.82, 2.24) is 5.32 Å². The van der Waals surface area contributed by atoms with Gasteiger partial charge in [-0.05, 0) is 38.7 Å². The summed E-state index contributed by atoms with van der Waals surface area (Å²) >= 11 is 0. The third kappa shape index (κ3) is 6.95. The molecule has 0 heterocycles. The van der Waals surface area contributed by atoms with E-state index < -0.39 is 6.10 Å². The zero-order valence-corrected chi connectivity index (χ0v) is 11.5. The molecule has 0 bridgehead atoms. The number of carbonyl (C=O) groups is 1. The fourth-order valence-corrected chi connectivity index (χ4v) is 1.29. The molecule has 2 N–H and O–H groups in total. The lowest BCUT2D eigenvalue weighted by atomic mass is 9.95. The van der Waals surface area contributed by atoms with Crippen LogP contribution in [0.1, 0.15) is 34.6 Å². The van der Waals surface area contributed by atoms with Gasteiger partial charge in [-0.1, -0.05) is 32.1 Å². The van der Waals surface area contributed by atoms with Crippen molar-refractivity contribution in [2.24, 2.45) is 11.8 Å². The average molecular weight is 239 g/mol. The van der Waals surface area contributed by atoms with Gasteiger partial charge in [-0.3, -0.25) is 4.79 Å². The summed E-state index contributed by atoms with van der Waals surface area (Å²) in [6.07, 6.45) is 7.04. The lowest BCUT2D eigenvalue weighted by molar-refractivity contribution is -0.117. The van der Waals surface area contributed by atoms with Gasteiger partial charge >= 0.3 is 0 Å². The largest absolute Gasteiger partial charge is 0.391 e. The van der Waals surface area contributed by atoms with Crippen LogP contribution in [0.5, 0.6) is 0 Å². The number of aliphatic hydroxyl groups excluding tert-OH is 1. The van der Waals surface area contributed by atoms with Crippen molar-refractivity contribution in [1.29, 1.82) is 0 Å². The molecule has 0 aromatic carbocycles. The van der Waals surface area contributed by atoms with Crippen LogP contribution in [0.25, 0.3) is 0 Å². The minimum Gasteiger partial charge on any atom is -0.391 e. The third-order valence-electron chi connectivity index (χ3n) is 2.97. The number of aliphatic hydroxyl groups is 1. The molecule has 0 aliphatic carbocycles. The summed E-state index contributed by atoms with van der Waals surface area (Å²) in [7, 11) is 0. The molecule has 4 unspecified atom stereocenters. The van der Waals surface area contributed by atoms with E-state index in [-0.39, 0.29) is 11.9 Å². The maximum absolute atomic E-state index is 11.5. The zero-order chi connectivity index (χ0) is 13.4. The summed E-state index contributed by atoms with van der Waals surface area (Å²) in [5, 5.41) is 12.0. The van der Waals surface area contributed by atoms with Gasteiger partial charge in [0.1, 0.15) is 0 Å². The van der Waals surface area contributed by atoms with E-state index in [1.165, 1.54) is 0 Å². The van der Waals surface area contributed by atoms with Crippen LogP contribution in [0.2, 0.25) is 0 Å². The highest BCUT2D eigenvalue weighted by atomic mass is 16.3. The van der Waals surface area contributed by atoms with Crippen molar-refractivity contribution in [2.45, 2.75) is 46.8 Å². The first-order valence-electron chi connectivity index (χ1n) is 6.18. The molecule has 0 aromatic heterocycles. The van der Waals surface area contributed by atoms with Crippen molar-refractivity contribution < 1.29 is 9.90 Å². The fraction of sp³-hybridized carbons (Fsp3) is 0.643. The molecule has 0 radical (unpaired) electrons. The van der Waals surface area contributed by atoms with Crippen molar-refractivity contribution >= 4 is 5.91 Å². The van der Waals surface area contributed by atoms with E-state index in [1.807, 2.05) is 19.1 Å². The molecule has 0 fully saturated rings. The summed E-state index contributed by atoms with van der Waals surface area (Å²) in [4.78, 5) is 11.5. The Morgan fingerprint density at radius 1 is 1.12 bits per heavy atom. The van der Waals surface area contributed by atoms with E-state index in [0.717, 1.165) is 0 Å². The van der Waals surface area contributed by atoms with Crippen LogP contribution >= 0.6 is 0 Å². The summed E-state index contributed by atoms with van der Waals surface area (Å²) in [5.41, 5.74) is 0. The molecule has 98 valence electrons. The van der Waals surface area contributed by atoms with Crippen LogP contribution in [-0.2, 0) is 4.79 Å². The highest BCUT2D eigenvalue weighted by Gasteiger charge is 2.10. The smallest absolute Gasteiger partial charge is 0.243 e. The quantitative estimate of drug-likeness (QED) is 0.552. The number of hydrogen-bond acceptors (Lipinski definition) is 2. The molecule has 0 aliphatic rings. The Hall–Kier alpha value is -1.09. The van der Waals surface area contributed by atoms with Crippen LogP contribution in [-0.4, -0.2) is 23.2 Å². The molecular weight excluding hydrogens is 214 g/mol. The molecule has 3 heteroatoms. The Bertz CT molecular complexity index is 282. The van der Waals surface area contributed by atoms with E-state index in [0.29, 0.717) is 11.8 Å². The highest BCUT2D eigenvalue weighted by Crippen LogP contribution is 2.13. The van der Waals surface area contributed by atoms with Crippen LogP contribution in [0.4, 0.5) is 0 Å². The van der Waals surface area contributed by atoms with Crippen LogP contribution in [0, 0.1) is 11.8 Å². The van der Waals surface area contributed by atoms with Gasteiger partial charge in [0.05, 0.1) is 12.1 Å². The van der Waals surface area contributed by atoms with E-state index in [1.54, 1.807) is 19.9 Å². The van der Waals surface area contributed by atoms with Gasteiger partial charge in [0, 0.05) is 0 Å². The number of hydrogen-bond donors (Lipinski definition) is 2. The molecule has 0 rings (SSSR count). The first-order chi connectivity index (χ1) is 7.88. The van der Waals surface area contributed by atoms with Crippen molar-refractivity contribution in [3.63, 3.8) is 0 Å². The number of nitrogens with one attached hydrogen (secondary N) is 1. The standard InChI is InChI=1S/C14H25NO2/c1-6-7-10(2)11(3)8-9-14(17)15-12(4)13(5)16/h6-13,16H,1-5H3,(H,15,17)/b7-6+,9-8+. The molecule has 3 nitrogen and oxygen atoms in total. The van der Waals surface area contributed by atoms with Crippen molar-refractivity contribution in [3.05, 3.63) is 24.3 Å². The molecule has 1 amide bonds. The first-order valence-corrected chi connectivity index (χ1v) is 6.18. The number of allylic oxidation sites excluding steroid dienone is 3. The monoisotopic (exact) mass is 239 g/mol. The minimum absolute atomic E-state index is 0.155. The van der Waals surface area contributed by atoms with Gasteiger partial charge < -0.3 is 10.4 Å². The summed E-state index contributed by atoms with van der Waals surface area (Å²) < 4.78 is 0. The Morgan fingerprint density at radius 2 is 1.65 bits per heavy atom. The van der Waals surface area contributed by atoms with Gasteiger partial charge in [0.15, 0.2) is 0 Å². The molecule has 0 aromatic rings. The second-order valence-electron chi connectivity index (χ2n) is 4.64. The van der Waals surface area contributed by atoms with Gasteiger partial charge in [-0.25, -0.2) is 0 Å². The van der Waals surface area contributed by atoms with Gasteiger partial charge in [0.25, 0.3) is 0 Å². The molecule has 0 spiro atoms. The Balaban J connectivity index is 4.19. The average Bonchev–Trinajstić information content (AvgIpc) is 2.25. The number of rotatable bonds is 6. The Morgan fingerprint density at radius 3 is 2.12 bits per heavy atom. The van der Waals surface area contributed by atoms with Crippen LogP contribution < -0.4 is 5.32 Å². The maximum Gasteiger partial charge on any atom is 0.243 e. The zero-order valence-electron chi connectivity index (χ0n) is 11.5. The van der Waals surface area contributed by atoms with Crippen molar-refractivity contribution in [2.75, 3.05) is 0 Å². The Labute approximate surface area is 105 Å². The predicted octanol–water partition coefficient (Wildman–Crippen LogP) is 2.28. The topological polar surface area (TPSA) is 49.3 Å². The summed E-state index contributed by atoms with van der Waals surface area (Å²) in [6, 6.07) is -0.226. The molecule has 0 saturated heterocycles. The maximum atomic E-state index is 11.5. The van der Waals surface area contributed by atoms with E-state index >= 15 is 0 Å². The van der Waals surface area contributed by atoms with E-state index in [2.05, 4.69) is 25.2 Å². The highest BCUT2D eigenvalue weighted by molar-refractivity contribution is 5.87. The lowest BCUT2D eigenvalue weighted by Crippen LogP contribution is -2.38. The normalized spacial score (nSPS) is 19.2. The second kappa shape index (κ2) is 8.07. The van der Waals surface area contributed by atoms with Crippen LogP contribution in [0.15, 0.2) is 24.3 Å². The lowest BCUT2D eigenvalue weighted by Gasteiger charge is -2.15. The van der Waals surface area contributed by atoms with Crippen LogP contribution in [0.3, 0.4) is 0 Å². The second-order valence-corrected chi connectivity index (χ2v) is 4.64. The van der Waals surface area contributed by atoms with E-state index in [4.69, 9.17) is 0 Å². The fourth-order valence-electron chi connectivity index (χ4n) is 1.29. The molecule has 17 heavy (non-hydrogen) atoms. The Kier molecular flexibility index (Phi) is 7.55. The van der Waals surface area contributed by atoms with Gasteiger partial charge in [-0.15, -0.1) is 0 Å². The summed E-state index contributed by atoms with van der Waals surface area (Å²) in [6.45, 7) is 9.62. The minimum atomic E-state index is -0.535. The molecule has 4 atom stereocenters. The van der Waals surface area contributed by atoms with Crippen molar-refractivity contribution in [3.8, 4) is 0 Å². The van der Waals surface area contributed by atoms with Gasteiger partial charge in [0.2, 0.25) is 5.91 Å². The molecule has 0 aliphatic heterocycles. The molecule has 0 saturated carbocycles. The van der Waals surface area contributed by atoms with Gasteiger partial charge in [-0.2, -0.15) is 0 Å². The number of carbonyl (C=O) groups excluding carboxylic acids is 1.